The molecule has 0 spiro atoms. The highest BCUT2D eigenvalue weighted by Crippen LogP contribution is 2.34. The Labute approximate surface area is 100 Å². The summed E-state index contributed by atoms with van der Waals surface area (Å²) in [6.07, 6.45) is 0.941. The molecular formula is C13H28N2O. The van der Waals surface area contributed by atoms with E-state index in [1.165, 1.54) is 0 Å². The maximum atomic E-state index is 12.2. The number of hydrogen-bond acceptors (Lipinski definition) is 2. The van der Waals surface area contributed by atoms with Crippen LogP contribution in [0, 0.1) is 17.3 Å². The van der Waals surface area contributed by atoms with E-state index in [4.69, 9.17) is 0 Å². The average Bonchev–Trinajstić information content (AvgIpc) is 2.16. The Hall–Kier alpha value is -0.570. The Morgan fingerprint density at radius 1 is 1.19 bits per heavy atom. The maximum Gasteiger partial charge on any atom is 0.226 e. The molecule has 0 aromatic carbocycles. The van der Waals surface area contributed by atoms with Crippen molar-refractivity contribution in [1.82, 2.24) is 10.6 Å². The normalized spacial score (nSPS) is 15.2. The molecule has 2 N–H and O–H groups in total. The summed E-state index contributed by atoms with van der Waals surface area (Å²) in [4.78, 5) is 12.2. The summed E-state index contributed by atoms with van der Waals surface area (Å²) >= 11 is 0. The molecule has 0 rings (SSSR count). The van der Waals surface area contributed by atoms with Crippen molar-refractivity contribution in [3.8, 4) is 0 Å². The van der Waals surface area contributed by atoms with Crippen LogP contribution < -0.4 is 10.6 Å². The number of nitrogens with one attached hydrogen (secondary N) is 2. The molecule has 1 amide bonds. The van der Waals surface area contributed by atoms with Crippen LogP contribution >= 0.6 is 0 Å². The van der Waals surface area contributed by atoms with Gasteiger partial charge in [0.2, 0.25) is 5.91 Å². The van der Waals surface area contributed by atoms with Crippen molar-refractivity contribution in [2.24, 2.45) is 17.3 Å². The van der Waals surface area contributed by atoms with Gasteiger partial charge in [0.25, 0.3) is 0 Å². The molecule has 0 aliphatic carbocycles. The first kappa shape index (κ1) is 15.4. The highest BCUT2D eigenvalue weighted by Gasteiger charge is 2.36. The summed E-state index contributed by atoms with van der Waals surface area (Å²) in [6.45, 7) is 12.2. The third-order valence-corrected chi connectivity index (χ3v) is 3.29. The fourth-order valence-corrected chi connectivity index (χ4v) is 1.94. The van der Waals surface area contributed by atoms with Gasteiger partial charge in [0.15, 0.2) is 0 Å². The van der Waals surface area contributed by atoms with Crippen LogP contribution in [0.25, 0.3) is 0 Å². The van der Waals surface area contributed by atoms with Gasteiger partial charge in [-0.2, -0.15) is 0 Å². The third kappa shape index (κ3) is 4.52. The van der Waals surface area contributed by atoms with Crippen LogP contribution in [0.4, 0.5) is 0 Å². The molecule has 16 heavy (non-hydrogen) atoms. The second-order valence-corrected chi connectivity index (χ2v) is 5.53. The minimum atomic E-state index is -0.248. The Balaban J connectivity index is 4.45. The van der Waals surface area contributed by atoms with Crippen molar-refractivity contribution in [3.05, 3.63) is 0 Å². The summed E-state index contributed by atoms with van der Waals surface area (Å²) in [6, 6.07) is 0. The molecule has 0 saturated heterocycles. The van der Waals surface area contributed by atoms with E-state index in [1.807, 2.05) is 7.05 Å². The van der Waals surface area contributed by atoms with Crippen molar-refractivity contribution >= 4 is 5.91 Å². The van der Waals surface area contributed by atoms with Crippen molar-refractivity contribution in [1.29, 1.82) is 0 Å². The molecule has 0 aromatic rings. The number of carbonyl (C=O) groups excluding carboxylic acids is 1. The number of hydrogen-bond donors (Lipinski definition) is 2. The minimum absolute atomic E-state index is 0.187. The molecule has 0 radical (unpaired) electrons. The van der Waals surface area contributed by atoms with E-state index in [2.05, 4.69) is 45.3 Å². The first-order chi connectivity index (χ1) is 7.34. The lowest BCUT2D eigenvalue weighted by Crippen LogP contribution is -2.45. The monoisotopic (exact) mass is 228 g/mol. The maximum absolute atomic E-state index is 12.2. The first-order valence-corrected chi connectivity index (χ1v) is 6.27. The van der Waals surface area contributed by atoms with Gasteiger partial charge in [-0.3, -0.25) is 4.79 Å². The number of amides is 1. The summed E-state index contributed by atoms with van der Waals surface area (Å²) in [5.74, 6) is 1.10. The van der Waals surface area contributed by atoms with Crippen molar-refractivity contribution in [2.45, 2.75) is 41.0 Å². The largest absolute Gasteiger partial charge is 0.354 e. The molecule has 96 valence electrons. The van der Waals surface area contributed by atoms with Crippen molar-refractivity contribution in [2.75, 3.05) is 20.1 Å². The zero-order valence-electron chi connectivity index (χ0n) is 11.7. The van der Waals surface area contributed by atoms with Crippen LogP contribution in [0.5, 0.6) is 0 Å². The summed E-state index contributed by atoms with van der Waals surface area (Å²) in [7, 11) is 1.89. The van der Waals surface area contributed by atoms with E-state index < -0.39 is 0 Å². The quantitative estimate of drug-likeness (QED) is 0.655. The fourth-order valence-electron chi connectivity index (χ4n) is 1.94. The van der Waals surface area contributed by atoms with Crippen molar-refractivity contribution in [3.63, 3.8) is 0 Å². The zero-order valence-corrected chi connectivity index (χ0v) is 11.7. The van der Waals surface area contributed by atoms with Crippen LogP contribution in [0.2, 0.25) is 0 Å². The molecule has 0 bridgehead atoms. The highest BCUT2D eigenvalue weighted by atomic mass is 16.2. The third-order valence-electron chi connectivity index (χ3n) is 3.29. The highest BCUT2D eigenvalue weighted by molar-refractivity contribution is 5.82. The topological polar surface area (TPSA) is 41.1 Å². The Morgan fingerprint density at radius 3 is 2.12 bits per heavy atom. The van der Waals surface area contributed by atoms with Crippen LogP contribution in [0.1, 0.15) is 41.0 Å². The van der Waals surface area contributed by atoms with E-state index in [-0.39, 0.29) is 11.3 Å². The van der Waals surface area contributed by atoms with E-state index in [1.54, 1.807) is 0 Å². The van der Waals surface area contributed by atoms with Crippen molar-refractivity contribution < 1.29 is 4.79 Å². The summed E-state index contributed by atoms with van der Waals surface area (Å²) < 4.78 is 0. The second-order valence-electron chi connectivity index (χ2n) is 5.53. The molecule has 0 heterocycles. The van der Waals surface area contributed by atoms with Gasteiger partial charge in [-0.1, -0.05) is 34.6 Å². The van der Waals surface area contributed by atoms with Gasteiger partial charge < -0.3 is 10.6 Å². The molecule has 0 aliphatic heterocycles. The lowest BCUT2D eigenvalue weighted by Gasteiger charge is -2.34. The molecule has 0 fully saturated rings. The van der Waals surface area contributed by atoms with Gasteiger partial charge >= 0.3 is 0 Å². The molecule has 1 unspecified atom stereocenters. The predicted octanol–water partition coefficient (Wildman–Crippen LogP) is 2.03. The molecular weight excluding hydrogens is 200 g/mol. The summed E-state index contributed by atoms with van der Waals surface area (Å²) in [5, 5.41) is 6.04. The second kappa shape index (κ2) is 6.89. The van der Waals surface area contributed by atoms with E-state index in [0.717, 1.165) is 13.0 Å². The Morgan fingerprint density at radius 2 is 1.75 bits per heavy atom. The van der Waals surface area contributed by atoms with Gasteiger partial charge in [-0.15, -0.1) is 0 Å². The molecule has 0 aliphatic rings. The molecule has 1 atom stereocenters. The van der Waals surface area contributed by atoms with Gasteiger partial charge in [0.05, 0.1) is 0 Å². The Bertz CT molecular complexity index is 214. The molecule has 3 nitrogen and oxygen atoms in total. The molecule has 0 saturated carbocycles. The van der Waals surface area contributed by atoms with Gasteiger partial charge in [0.1, 0.15) is 0 Å². The number of carbonyl (C=O) groups is 1. The lowest BCUT2D eigenvalue weighted by molar-refractivity contribution is -0.133. The van der Waals surface area contributed by atoms with Crippen LogP contribution in [0.3, 0.4) is 0 Å². The minimum Gasteiger partial charge on any atom is -0.354 e. The number of likely N-dealkylation sites (N-methyl/N-ethyl adjacent to an activating group) is 1. The van der Waals surface area contributed by atoms with E-state index in [0.29, 0.717) is 18.4 Å². The van der Waals surface area contributed by atoms with E-state index in [9.17, 15) is 4.79 Å². The first-order valence-electron chi connectivity index (χ1n) is 6.27. The van der Waals surface area contributed by atoms with Gasteiger partial charge in [-0.25, -0.2) is 0 Å². The SMILES string of the molecule is CNCCNC(=O)C(C)(CC(C)C)C(C)C. The zero-order chi connectivity index (χ0) is 12.8. The van der Waals surface area contributed by atoms with Crippen LogP contribution in [0.15, 0.2) is 0 Å². The van der Waals surface area contributed by atoms with Gasteiger partial charge in [0, 0.05) is 18.5 Å². The fraction of sp³-hybridized carbons (Fsp3) is 0.923. The van der Waals surface area contributed by atoms with Crippen LogP contribution in [-0.4, -0.2) is 26.0 Å². The number of rotatable bonds is 7. The van der Waals surface area contributed by atoms with E-state index >= 15 is 0 Å². The Kier molecular flexibility index (Phi) is 6.65. The van der Waals surface area contributed by atoms with Crippen LogP contribution in [-0.2, 0) is 4.79 Å². The molecule has 0 aromatic heterocycles. The standard InChI is InChI=1S/C13H28N2O/c1-10(2)9-13(5,11(3)4)12(16)15-8-7-14-6/h10-11,14H,7-9H2,1-6H3,(H,15,16). The smallest absolute Gasteiger partial charge is 0.226 e. The summed E-state index contributed by atoms with van der Waals surface area (Å²) in [5.41, 5.74) is -0.248. The average molecular weight is 228 g/mol. The lowest BCUT2D eigenvalue weighted by atomic mass is 9.72. The predicted molar refractivity (Wildman–Crippen MR) is 69.3 cm³/mol. The van der Waals surface area contributed by atoms with Gasteiger partial charge in [-0.05, 0) is 25.3 Å². The molecule has 3 heteroatoms.